The second-order valence-corrected chi connectivity index (χ2v) is 2.66. The Bertz CT molecular complexity index is 299. The van der Waals surface area contributed by atoms with E-state index in [2.05, 4.69) is 0 Å². The van der Waals surface area contributed by atoms with Crippen molar-refractivity contribution >= 4 is 29.5 Å². The number of carbonyl (C=O) groups excluding carboxylic acids is 1. The second-order valence-electron chi connectivity index (χ2n) is 1.87. The maximum absolute atomic E-state index is 12.7. The van der Waals surface area contributed by atoms with Crippen LogP contribution in [0.4, 0.5) is 4.39 Å². The Morgan fingerprint density at radius 2 is 2.00 bits per heavy atom. The summed E-state index contributed by atoms with van der Waals surface area (Å²) in [5, 5.41) is 0.136. The first-order valence-electron chi connectivity index (χ1n) is 2.75. The van der Waals surface area contributed by atoms with E-state index in [1.54, 1.807) is 0 Å². The summed E-state index contributed by atoms with van der Waals surface area (Å²) in [5.74, 6) is -0.658. The highest BCUT2D eigenvalue weighted by Gasteiger charge is 2.08. The van der Waals surface area contributed by atoms with Crippen molar-refractivity contribution in [3.05, 3.63) is 33.6 Å². The summed E-state index contributed by atoms with van der Waals surface area (Å²) in [6.45, 7) is 0. The lowest BCUT2D eigenvalue weighted by Crippen LogP contribution is -1.88. The fourth-order valence-electron chi connectivity index (χ4n) is 0.651. The SMILES string of the molecule is O=Cc1c(F)ccc(Cl)c1Cl. The molecule has 58 valence electrons. The second kappa shape index (κ2) is 3.20. The van der Waals surface area contributed by atoms with Gasteiger partial charge in [0.25, 0.3) is 0 Å². The van der Waals surface area contributed by atoms with E-state index in [1.807, 2.05) is 0 Å². The standard InChI is InChI=1S/C7H3Cl2FO/c8-5-1-2-6(10)4(3-11)7(5)9/h1-3H. The molecule has 0 atom stereocenters. The Labute approximate surface area is 72.7 Å². The maximum atomic E-state index is 12.7. The molecule has 1 aromatic carbocycles. The Kier molecular flexibility index (Phi) is 2.47. The molecule has 11 heavy (non-hydrogen) atoms. The number of halogens is 3. The van der Waals surface area contributed by atoms with E-state index in [1.165, 1.54) is 6.07 Å². The predicted octanol–water partition coefficient (Wildman–Crippen LogP) is 2.95. The highest BCUT2D eigenvalue weighted by atomic mass is 35.5. The van der Waals surface area contributed by atoms with E-state index in [-0.39, 0.29) is 15.6 Å². The van der Waals surface area contributed by atoms with Gasteiger partial charge in [-0.15, -0.1) is 0 Å². The molecule has 0 amide bonds. The van der Waals surface area contributed by atoms with E-state index in [0.717, 1.165) is 6.07 Å². The Morgan fingerprint density at radius 1 is 1.36 bits per heavy atom. The molecule has 0 saturated heterocycles. The van der Waals surface area contributed by atoms with Gasteiger partial charge in [0.15, 0.2) is 6.29 Å². The number of hydrogen-bond acceptors (Lipinski definition) is 1. The third-order valence-corrected chi connectivity index (χ3v) is 2.02. The van der Waals surface area contributed by atoms with Crippen LogP contribution in [0.15, 0.2) is 12.1 Å². The fraction of sp³-hybridized carbons (Fsp3) is 0. The zero-order chi connectivity index (χ0) is 8.43. The monoisotopic (exact) mass is 192 g/mol. The lowest BCUT2D eigenvalue weighted by atomic mass is 10.2. The fourth-order valence-corrected chi connectivity index (χ4v) is 1.01. The minimum Gasteiger partial charge on any atom is -0.298 e. The summed E-state index contributed by atoms with van der Waals surface area (Å²) in [4.78, 5) is 10.2. The lowest BCUT2D eigenvalue weighted by Gasteiger charge is -1.98. The molecule has 0 aliphatic heterocycles. The first kappa shape index (κ1) is 8.50. The predicted molar refractivity (Wildman–Crippen MR) is 41.8 cm³/mol. The van der Waals surface area contributed by atoms with Gasteiger partial charge in [-0.05, 0) is 12.1 Å². The largest absolute Gasteiger partial charge is 0.298 e. The van der Waals surface area contributed by atoms with Gasteiger partial charge >= 0.3 is 0 Å². The molecule has 0 aromatic heterocycles. The number of rotatable bonds is 1. The molecule has 0 spiro atoms. The summed E-state index contributed by atoms with van der Waals surface area (Å²) in [6, 6.07) is 2.39. The molecule has 0 saturated carbocycles. The minimum atomic E-state index is -0.658. The average Bonchev–Trinajstić information content (AvgIpc) is 1.99. The van der Waals surface area contributed by atoms with Gasteiger partial charge in [0.2, 0.25) is 0 Å². The van der Waals surface area contributed by atoms with Gasteiger partial charge in [-0.2, -0.15) is 0 Å². The number of hydrogen-bond donors (Lipinski definition) is 0. The van der Waals surface area contributed by atoms with Crippen LogP contribution in [0, 0.1) is 5.82 Å². The summed E-state index contributed by atoms with van der Waals surface area (Å²) < 4.78 is 12.7. The van der Waals surface area contributed by atoms with Crippen LogP contribution in [0.25, 0.3) is 0 Å². The summed E-state index contributed by atoms with van der Waals surface area (Å²) in [7, 11) is 0. The van der Waals surface area contributed by atoms with E-state index in [9.17, 15) is 9.18 Å². The Balaban J connectivity index is 3.40. The third kappa shape index (κ3) is 1.52. The van der Waals surface area contributed by atoms with Crippen molar-refractivity contribution in [3.8, 4) is 0 Å². The van der Waals surface area contributed by atoms with Crippen molar-refractivity contribution in [1.82, 2.24) is 0 Å². The molecule has 0 aliphatic rings. The molecule has 0 radical (unpaired) electrons. The van der Waals surface area contributed by atoms with E-state index < -0.39 is 5.82 Å². The highest BCUT2D eigenvalue weighted by Crippen LogP contribution is 2.26. The molecule has 1 nitrogen and oxygen atoms in total. The summed E-state index contributed by atoms with van der Waals surface area (Å²) in [6.07, 6.45) is 0.337. The van der Waals surface area contributed by atoms with Gasteiger partial charge < -0.3 is 0 Å². The first-order valence-corrected chi connectivity index (χ1v) is 3.51. The van der Waals surface area contributed by atoms with Crippen LogP contribution in [0.5, 0.6) is 0 Å². The molecule has 4 heteroatoms. The number of carbonyl (C=O) groups is 1. The van der Waals surface area contributed by atoms with Crippen LogP contribution in [0.3, 0.4) is 0 Å². The van der Waals surface area contributed by atoms with Crippen LogP contribution < -0.4 is 0 Å². The molecular formula is C7H3Cl2FO. The molecule has 0 aliphatic carbocycles. The van der Waals surface area contributed by atoms with Gasteiger partial charge in [0.1, 0.15) is 5.82 Å². The Morgan fingerprint density at radius 3 is 2.45 bits per heavy atom. The van der Waals surface area contributed by atoms with Crippen molar-refractivity contribution in [2.75, 3.05) is 0 Å². The van der Waals surface area contributed by atoms with Crippen LogP contribution in [0.1, 0.15) is 10.4 Å². The maximum Gasteiger partial charge on any atom is 0.154 e. The van der Waals surface area contributed by atoms with Crippen molar-refractivity contribution < 1.29 is 9.18 Å². The van der Waals surface area contributed by atoms with Crippen LogP contribution in [-0.4, -0.2) is 6.29 Å². The van der Waals surface area contributed by atoms with Gasteiger partial charge in [-0.1, -0.05) is 23.2 Å². The third-order valence-electron chi connectivity index (χ3n) is 1.20. The van der Waals surface area contributed by atoms with Crippen LogP contribution >= 0.6 is 23.2 Å². The van der Waals surface area contributed by atoms with Gasteiger partial charge in [-0.25, -0.2) is 4.39 Å². The van der Waals surface area contributed by atoms with E-state index in [4.69, 9.17) is 23.2 Å². The molecule has 1 rings (SSSR count). The highest BCUT2D eigenvalue weighted by molar-refractivity contribution is 6.43. The smallest absolute Gasteiger partial charge is 0.154 e. The quantitative estimate of drug-likeness (QED) is 0.494. The van der Waals surface area contributed by atoms with Gasteiger partial charge in [-0.3, -0.25) is 4.79 Å². The molecule has 0 unspecified atom stereocenters. The molecule has 1 aromatic rings. The normalized spacial score (nSPS) is 9.73. The zero-order valence-electron chi connectivity index (χ0n) is 5.27. The number of benzene rings is 1. The molecule has 0 bridgehead atoms. The topological polar surface area (TPSA) is 17.1 Å². The summed E-state index contributed by atoms with van der Waals surface area (Å²) in [5.41, 5.74) is -0.195. The molecule has 0 fully saturated rings. The molecule has 0 heterocycles. The van der Waals surface area contributed by atoms with Crippen molar-refractivity contribution in [1.29, 1.82) is 0 Å². The average molecular weight is 193 g/mol. The van der Waals surface area contributed by atoms with E-state index >= 15 is 0 Å². The molecular weight excluding hydrogens is 190 g/mol. The van der Waals surface area contributed by atoms with E-state index in [0.29, 0.717) is 6.29 Å². The lowest BCUT2D eigenvalue weighted by molar-refractivity contribution is 0.112. The van der Waals surface area contributed by atoms with Crippen LogP contribution in [0.2, 0.25) is 10.0 Å². The van der Waals surface area contributed by atoms with Crippen molar-refractivity contribution in [3.63, 3.8) is 0 Å². The zero-order valence-corrected chi connectivity index (χ0v) is 6.79. The van der Waals surface area contributed by atoms with Gasteiger partial charge in [0.05, 0.1) is 15.6 Å². The minimum absolute atomic E-state index is 0.0401. The van der Waals surface area contributed by atoms with Gasteiger partial charge in [0, 0.05) is 0 Å². The summed E-state index contributed by atoms with van der Waals surface area (Å²) >= 11 is 11.0. The van der Waals surface area contributed by atoms with Crippen molar-refractivity contribution in [2.24, 2.45) is 0 Å². The van der Waals surface area contributed by atoms with Crippen LogP contribution in [-0.2, 0) is 0 Å². The Hall–Kier alpha value is -0.600. The number of aldehydes is 1. The first-order chi connectivity index (χ1) is 5.16. The van der Waals surface area contributed by atoms with Crippen molar-refractivity contribution in [2.45, 2.75) is 0 Å². The molecule has 0 N–H and O–H groups in total.